The zero-order valence-electron chi connectivity index (χ0n) is 10.5. The predicted molar refractivity (Wildman–Crippen MR) is 86.0 cm³/mol. The van der Waals surface area contributed by atoms with Crippen molar-refractivity contribution in [2.75, 3.05) is 0 Å². The molecular formula is C15H14BrCl2N. The van der Waals surface area contributed by atoms with E-state index in [2.05, 4.69) is 15.9 Å². The minimum atomic E-state index is -0.130. The van der Waals surface area contributed by atoms with Gasteiger partial charge in [0.15, 0.2) is 0 Å². The summed E-state index contributed by atoms with van der Waals surface area (Å²) in [5, 5.41) is 1.33. The van der Waals surface area contributed by atoms with Crippen molar-refractivity contribution in [1.82, 2.24) is 0 Å². The molecule has 2 N–H and O–H groups in total. The van der Waals surface area contributed by atoms with Crippen LogP contribution >= 0.6 is 39.1 Å². The maximum Gasteiger partial charge on any atom is 0.0453 e. The summed E-state index contributed by atoms with van der Waals surface area (Å²) in [6.07, 6.45) is 0.621. The Kier molecular flexibility index (Phi) is 4.91. The number of hydrogen-bond donors (Lipinski definition) is 1. The van der Waals surface area contributed by atoms with E-state index >= 15 is 0 Å². The molecule has 2 rings (SSSR count). The van der Waals surface area contributed by atoms with Crippen LogP contribution in [0.2, 0.25) is 10.0 Å². The molecule has 1 atom stereocenters. The van der Waals surface area contributed by atoms with E-state index in [1.165, 1.54) is 0 Å². The number of rotatable bonds is 3. The van der Waals surface area contributed by atoms with Crippen LogP contribution in [0.25, 0.3) is 0 Å². The maximum absolute atomic E-state index is 6.30. The minimum absolute atomic E-state index is 0.130. The van der Waals surface area contributed by atoms with Crippen LogP contribution in [0.5, 0.6) is 0 Å². The minimum Gasteiger partial charge on any atom is -0.324 e. The molecule has 1 nitrogen and oxygen atoms in total. The van der Waals surface area contributed by atoms with Gasteiger partial charge >= 0.3 is 0 Å². The van der Waals surface area contributed by atoms with Gasteiger partial charge in [-0.05, 0) is 48.2 Å². The van der Waals surface area contributed by atoms with Crippen LogP contribution in [0.1, 0.15) is 22.7 Å². The summed E-state index contributed by atoms with van der Waals surface area (Å²) in [7, 11) is 0. The van der Waals surface area contributed by atoms with Crippen molar-refractivity contribution in [3.05, 3.63) is 67.6 Å². The molecule has 19 heavy (non-hydrogen) atoms. The van der Waals surface area contributed by atoms with Gasteiger partial charge in [-0.3, -0.25) is 0 Å². The zero-order valence-corrected chi connectivity index (χ0v) is 13.6. The first-order valence-electron chi connectivity index (χ1n) is 5.94. The summed E-state index contributed by atoms with van der Waals surface area (Å²) >= 11 is 15.9. The molecule has 0 aliphatic carbocycles. The quantitative estimate of drug-likeness (QED) is 0.790. The fraction of sp³-hybridized carbons (Fsp3) is 0.200. The first-order chi connectivity index (χ1) is 9.00. The van der Waals surface area contributed by atoms with Crippen LogP contribution in [-0.2, 0) is 6.42 Å². The van der Waals surface area contributed by atoms with Gasteiger partial charge in [0, 0.05) is 20.6 Å². The van der Waals surface area contributed by atoms with Crippen molar-refractivity contribution < 1.29 is 0 Å². The van der Waals surface area contributed by atoms with Crippen LogP contribution in [-0.4, -0.2) is 0 Å². The van der Waals surface area contributed by atoms with Gasteiger partial charge < -0.3 is 5.73 Å². The van der Waals surface area contributed by atoms with Crippen molar-refractivity contribution >= 4 is 39.1 Å². The van der Waals surface area contributed by atoms with Crippen LogP contribution < -0.4 is 5.73 Å². The molecule has 0 spiro atoms. The molecule has 2 aromatic carbocycles. The fourth-order valence-electron chi connectivity index (χ4n) is 2.08. The molecule has 2 aromatic rings. The normalized spacial score (nSPS) is 12.5. The first kappa shape index (κ1) is 14.9. The van der Waals surface area contributed by atoms with Crippen LogP contribution in [0.15, 0.2) is 40.9 Å². The summed E-state index contributed by atoms with van der Waals surface area (Å²) < 4.78 is 1.06. The van der Waals surface area contributed by atoms with Crippen molar-refractivity contribution in [2.24, 2.45) is 5.73 Å². The van der Waals surface area contributed by atoms with E-state index in [0.717, 1.165) is 21.2 Å². The Morgan fingerprint density at radius 3 is 2.32 bits per heavy atom. The lowest BCUT2D eigenvalue weighted by Gasteiger charge is -2.17. The summed E-state index contributed by atoms with van der Waals surface area (Å²) in [6, 6.07) is 11.4. The second-order valence-corrected chi connectivity index (χ2v) is 6.13. The Balaban J connectivity index is 2.31. The summed E-state index contributed by atoms with van der Waals surface area (Å²) in [5.41, 5.74) is 9.45. The highest BCUT2D eigenvalue weighted by Gasteiger charge is 2.15. The number of nitrogens with two attached hydrogens (primary N) is 1. The molecule has 0 bridgehead atoms. The Bertz CT molecular complexity index is 578. The van der Waals surface area contributed by atoms with Gasteiger partial charge in [0.05, 0.1) is 0 Å². The summed E-state index contributed by atoms with van der Waals surface area (Å²) in [4.78, 5) is 0. The molecule has 0 heterocycles. The van der Waals surface area contributed by atoms with E-state index in [4.69, 9.17) is 28.9 Å². The summed E-state index contributed by atoms with van der Waals surface area (Å²) in [6.45, 7) is 2.05. The lowest BCUT2D eigenvalue weighted by molar-refractivity contribution is 0.716. The Hall–Kier alpha value is -0.540. The molecule has 0 saturated carbocycles. The van der Waals surface area contributed by atoms with Gasteiger partial charge in [-0.2, -0.15) is 0 Å². The molecule has 4 heteroatoms. The third kappa shape index (κ3) is 3.32. The van der Waals surface area contributed by atoms with Crippen molar-refractivity contribution in [3.63, 3.8) is 0 Å². The summed E-state index contributed by atoms with van der Waals surface area (Å²) in [5.74, 6) is 0. The molecule has 100 valence electrons. The highest BCUT2D eigenvalue weighted by Crippen LogP contribution is 2.30. The van der Waals surface area contributed by atoms with E-state index in [1.807, 2.05) is 43.3 Å². The van der Waals surface area contributed by atoms with Gasteiger partial charge in [-0.1, -0.05) is 57.3 Å². The Labute approximate surface area is 131 Å². The van der Waals surface area contributed by atoms with Gasteiger partial charge in [-0.25, -0.2) is 0 Å². The smallest absolute Gasteiger partial charge is 0.0453 e. The van der Waals surface area contributed by atoms with E-state index in [-0.39, 0.29) is 6.04 Å². The van der Waals surface area contributed by atoms with Crippen molar-refractivity contribution in [3.8, 4) is 0 Å². The Morgan fingerprint density at radius 2 is 1.68 bits per heavy atom. The van der Waals surface area contributed by atoms with Crippen molar-refractivity contribution in [2.45, 2.75) is 19.4 Å². The second kappa shape index (κ2) is 6.27. The second-order valence-electron chi connectivity index (χ2n) is 4.46. The lowest BCUT2D eigenvalue weighted by Crippen LogP contribution is -2.15. The molecule has 0 aliphatic heterocycles. The monoisotopic (exact) mass is 357 g/mol. The Morgan fingerprint density at radius 1 is 1.11 bits per heavy atom. The number of hydrogen-bond acceptors (Lipinski definition) is 1. The standard InChI is InChI=1S/C15H14BrCl2N/c1-9-10(4-2-5-12(9)16)15(19)8-11-13(17)6-3-7-14(11)18/h2-7,15H,8,19H2,1H3. The largest absolute Gasteiger partial charge is 0.324 e. The van der Waals surface area contributed by atoms with E-state index in [9.17, 15) is 0 Å². The highest BCUT2D eigenvalue weighted by molar-refractivity contribution is 9.10. The molecule has 0 saturated heterocycles. The zero-order chi connectivity index (χ0) is 14.0. The third-order valence-corrected chi connectivity index (χ3v) is 4.76. The van der Waals surface area contributed by atoms with E-state index in [1.54, 1.807) is 0 Å². The van der Waals surface area contributed by atoms with Crippen molar-refractivity contribution in [1.29, 1.82) is 0 Å². The molecule has 0 aliphatic rings. The molecular weight excluding hydrogens is 345 g/mol. The fourth-order valence-corrected chi connectivity index (χ4v) is 3.02. The highest BCUT2D eigenvalue weighted by atomic mass is 79.9. The van der Waals surface area contributed by atoms with Crippen LogP contribution in [0, 0.1) is 6.92 Å². The number of benzene rings is 2. The molecule has 0 amide bonds. The SMILES string of the molecule is Cc1c(Br)cccc1C(N)Cc1c(Cl)cccc1Cl. The molecule has 0 fully saturated rings. The maximum atomic E-state index is 6.30. The van der Waals surface area contributed by atoms with Crippen LogP contribution in [0.4, 0.5) is 0 Å². The van der Waals surface area contributed by atoms with Gasteiger partial charge in [0.1, 0.15) is 0 Å². The average Bonchev–Trinajstić information content (AvgIpc) is 2.37. The molecule has 0 radical (unpaired) electrons. The first-order valence-corrected chi connectivity index (χ1v) is 7.49. The molecule has 1 unspecified atom stereocenters. The topological polar surface area (TPSA) is 26.0 Å². The van der Waals surface area contributed by atoms with Crippen LogP contribution in [0.3, 0.4) is 0 Å². The lowest BCUT2D eigenvalue weighted by atomic mass is 9.96. The van der Waals surface area contributed by atoms with Gasteiger partial charge in [0.2, 0.25) is 0 Å². The van der Waals surface area contributed by atoms with Gasteiger partial charge in [0.25, 0.3) is 0 Å². The van der Waals surface area contributed by atoms with Gasteiger partial charge in [-0.15, -0.1) is 0 Å². The average molecular weight is 359 g/mol. The third-order valence-electron chi connectivity index (χ3n) is 3.19. The number of halogens is 3. The van der Waals surface area contributed by atoms with E-state index < -0.39 is 0 Å². The molecule has 0 aromatic heterocycles. The predicted octanol–water partition coefficient (Wildman–Crippen LogP) is 5.31. The van der Waals surface area contributed by atoms with E-state index in [0.29, 0.717) is 16.5 Å².